The normalized spacial score (nSPS) is 10.6. The maximum absolute atomic E-state index is 12.5. The minimum Gasteiger partial charge on any atom is -0.319 e. The average molecular weight is 360 g/mol. The average Bonchev–Trinajstić information content (AvgIpc) is 2.98. The van der Waals surface area contributed by atoms with E-state index in [4.69, 9.17) is 23.2 Å². The second kappa shape index (κ2) is 7.07. The molecule has 1 aromatic heterocycles. The van der Waals surface area contributed by atoms with Crippen molar-refractivity contribution in [3.05, 3.63) is 69.8 Å². The first-order chi connectivity index (χ1) is 11.6. The second-order valence-corrected chi connectivity index (χ2v) is 6.12. The topological polar surface area (TPSA) is 57.8 Å². The molecule has 2 aromatic carbocycles. The molecule has 0 saturated heterocycles. The maximum Gasteiger partial charge on any atom is 0.255 e. The predicted molar refractivity (Wildman–Crippen MR) is 97.8 cm³/mol. The van der Waals surface area contributed by atoms with Gasteiger partial charge in [0.2, 0.25) is 0 Å². The van der Waals surface area contributed by atoms with Gasteiger partial charge in [0.15, 0.2) is 0 Å². The van der Waals surface area contributed by atoms with Crippen LogP contribution in [0.1, 0.15) is 23.0 Å². The SMILES string of the molecule is CCc1[nH]nc(-c2ccc(Cl)cc2)c1NC(=O)c1cccc(Cl)c1. The van der Waals surface area contributed by atoms with E-state index in [1.807, 2.05) is 19.1 Å². The highest BCUT2D eigenvalue weighted by molar-refractivity contribution is 6.31. The number of aryl methyl sites for hydroxylation is 1. The number of rotatable bonds is 4. The van der Waals surface area contributed by atoms with E-state index in [9.17, 15) is 4.79 Å². The first-order valence-electron chi connectivity index (χ1n) is 7.48. The molecule has 0 atom stereocenters. The van der Waals surface area contributed by atoms with Crippen LogP contribution in [0.4, 0.5) is 5.69 Å². The van der Waals surface area contributed by atoms with E-state index in [1.165, 1.54) is 0 Å². The number of amides is 1. The van der Waals surface area contributed by atoms with Crippen LogP contribution in [-0.4, -0.2) is 16.1 Å². The molecule has 0 bridgehead atoms. The van der Waals surface area contributed by atoms with E-state index in [1.54, 1.807) is 36.4 Å². The molecular weight excluding hydrogens is 345 g/mol. The van der Waals surface area contributed by atoms with Gasteiger partial charge in [-0.15, -0.1) is 0 Å². The summed E-state index contributed by atoms with van der Waals surface area (Å²) in [6.45, 7) is 1.99. The van der Waals surface area contributed by atoms with Crippen molar-refractivity contribution in [2.75, 3.05) is 5.32 Å². The van der Waals surface area contributed by atoms with Crippen molar-refractivity contribution >= 4 is 34.8 Å². The molecule has 0 aliphatic rings. The first kappa shape index (κ1) is 16.6. The summed E-state index contributed by atoms with van der Waals surface area (Å²) < 4.78 is 0. The molecule has 6 heteroatoms. The Morgan fingerprint density at radius 2 is 1.88 bits per heavy atom. The molecule has 1 amide bonds. The van der Waals surface area contributed by atoms with Gasteiger partial charge in [-0.1, -0.05) is 48.3 Å². The number of hydrogen-bond acceptors (Lipinski definition) is 2. The second-order valence-electron chi connectivity index (χ2n) is 5.25. The standard InChI is InChI=1S/C18H15Cl2N3O/c1-2-15-17(21-18(24)12-4-3-5-14(20)10-12)16(23-22-15)11-6-8-13(19)9-7-11/h3-10H,2H2,1H3,(H,21,24)(H,22,23). The van der Waals surface area contributed by atoms with Gasteiger partial charge in [-0.25, -0.2) is 0 Å². The van der Waals surface area contributed by atoms with Crippen molar-refractivity contribution in [1.82, 2.24) is 10.2 Å². The molecule has 1 heterocycles. The van der Waals surface area contributed by atoms with Gasteiger partial charge >= 0.3 is 0 Å². The van der Waals surface area contributed by atoms with Gasteiger partial charge in [0.25, 0.3) is 5.91 Å². The molecule has 0 fully saturated rings. The molecule has 4 nitrogen and oxygen atoms in total. The van der Waals surface area contributed by atoms with E-state index in [-0.39, 0.29) is 5.91 Å². The summed E-state index contributed by atoms with van der Waals surface area (Å²) in [4.78, 5) is 12.5. The summed E-state index contributed by atoms with van der Waals surface area (Å²) >= 11 is 11.9. The molecule has 0 spiro atoms. The van der Waals surface area contributed by atoms with Crippen molar-refractivity contribution in [3.8, 4) is 11.3 Å². The number of nitrogens with one attached hydrogen (secondary N) is 2. The molecule has 0 saturated carbocycles. The number of anilines is 1. The highest BCUT2D eigenvalue weighted by atomic mass is 35.5. The van der Waals surface area contributed by atoms with Crippen molar-refractivity contribution in [2.24, 2.45) is 0 Å². The third-order valence-corrected chi connectivity index (χ3v) is 4.12. The zero-order valence-corrected chi connectivity index (χ0v) is 14.4. The Morgan fingerprint density at radius 1 is 1.12 bits per heavy atom. The molecule has 24 heavy (non-hydrogen) atoms. The number of H-pyrrole nitrogens is 1. The monoisotopic (exact) mass is 359 g/mol. The predicted octanol–water partition coefficient (Wildman–Crippen LogP) is 5.20. The number of carbonyl (C=O) groups is 1. The van der Waals surface area contributed by atoms with Gasteiger partial charge in [0, 0.05) is 21.2 Å². The van der Waals surface area contributed by atoms with Crippen LogP contribution in [0.3, 0.4) is 0 Å². The molecule has 122 valence electrons. The van der Waals surface area contributed by atoms with E-state index >= 15 is 0 Å². The molecule has 0 aliphatic carbocycles. The van der Waals surface area contributed by atoms with Crippen LogP contribution in [0.2, 0.25) is 10.0 Å². The number of halogens is 2. The third kappa shape index (κ3) is 3.45. The number of carbonyl (C=O) groups excluding carboxylic acids is 1. The number of hydrogen-bond donors (Lipinski definition) is 2. The Bertz CT molecular complexity index is 872. The molecule has 0 unspecified atom stereocenters. The van der Waals surface area contributed by atoms with Gasteiger partial charge < -0.3 is 5.32 Å². The van der Waals surface area contributed by atoms with Crippen LogP contribution in [0.25, 0.3) is 11.3 Å². The van der Waals surface area contributed by atoms with Crippen molar-refractivity contribution < 1.29 is 4.79 Å². The molecular formula is C18H15Cl2N3O. The van der Waals surface area contributed by atoms with Gasteiger partial charge in [0.05, 0.1) is 11.4 Å². The van der Waals surface area contributed by atoms with Gasteiger partial charge in [-0.3, -0.25) is 9.89 Å². The van der Waals surface area contributed by atoms with E-state index < -0.39 is 0 Å². The Kier molecular flexibility index (Phi) is 4.88. The summed E-state index contributed by atoms with van der Waals surface area (Å²) in [6, 6.07) is 14.1. The van der Waals surface area contributed by atoms with E-state index in [0.717, 1.165) is 11.3 Å². The van der Waals surface area contributed by atoms with E-state index in [0.29, 0.717) is 33.4 Å². The molecule has 0 radical (unpaired) electrons. The van der Waals surface area contributed by atoms with Crippen LogP contribution in [0.15, 0.2) is 48.5 Å². The summed E-state index contributed by atoms with van der Waals surface area (Å²) in [5.41, 5.74) is 3.57. The minimum absolute atomic E-state index is 0.233. The van der Waals surface area contributed by atoms with Gasteiger partial charge in [-0.2, -0.15) is 5.10 Å². The Labute approximate surface area is 149 Å². The highest BCUT2D eigenvalue weighted by Crippen LogP contribution is 2.30. The number of nitrogens with zero attached hydrogens (tertiary/aromatic N) is 1. The number of benzene rings is 2. The fourth-order valence-corrected chi connectivity index (χ4v) is 2.72. The fraction of sp³-hybridized carbons (Fsp3) is 0.111. The zero-order valence-electron chi connectivity index (χ0n) is 12.9. The summed E-state index contributed by atoms with van der Waals surface area (Å²) in [6.07, 6.45) is 0.714. The third-order valence-electron chi connectivity index (χ3n) is 3.64. The number of aromatic amines is 1. The van der Waals surface area contributed by atoms with Crippen LogP contribution < -0.4 is 5.32 Å². The lowest BCUT2D eigenvalue weighted by atomic mass is 10.1. The fourth-order valence-electron chi connectivity index (χ4n) is 2.40. The highest BCUT2D eigenvalue weighted by Gasteiger charge is 2.17. The Balaban J connectivity index is 1.96. The molecule has 3 rings (SSSR count). The summed E-state index contributed by atoms with van der Waals surface area (Å²) in [7, 11) is 0. The van der Waals surface area contributed by atoms with Crippen LogP contribution in [0, 0.1) is 0 Å². The van der Waals surface area contributed by atoms with Gasteiger partial charge in [-0.05, 0) is 36.8 Å². The number of aromatic nitrogens is 2. The Morgan fingerprint density at radius 3 is 2.54 bits per heavy atom. The Hall–Kier alpha value is -2.30. The smallest absolute Gasteiger partial charge is 0.255 e. The lowest BCUT2D eigenvalue weighted by molar-refractivity contribution is 0.102. The van der Waals surface area contributed by atoms with Crippen molar-refractivity contribution in [3.63, 3.8) is 0 Å². The van der Waals surface area contributed by atoms with E-state index in [2.05, 4.69) is 15.5 Å². The lowest BCUT2D eigenvalue weighted by Gasteiger charge is -2.08. The maximum atomic E-state index is 12.5. The quantitative estimate of drug-likeness (QED) is 0.672. The molecule has 2 N–H and O–H groups in total. The molecule has 0 aliphatic heterocycles. The lowest BCUT2D eigenvalue weighted by Crippen LogP contribution is -2.13. The van der Waals surface area contributed by atoms with Crippen LogP contribution >= 0.6 is 23.2 Å². The molecule has 3 aromatic rings. The van der Waals surface area contributed by atoms with Crippen LogP contribution in [0.5, 0.6) is 0 Å². The summed E-state index contributed by atoms with van der Waals surface area (Å²) in [5.74, 6) is -0.233. The van der Waals surface area contributed by atoms with Crippen LogP contribution in [-0.2, 0) is 6.42 Å². The summed E-state index contributed by atoms with van der Waals surface area (Å²) in [5, 5.41) is 11.4. The zero-order chi connectivity index (χ0) is 17.1. The van der Waals surface area contributed by atoms with Gasteiger partial charge in [0.1, 0.15) is 5.69 Å². The first-order valence-corrected chi connectivity index (χ1v) is 8.24. The van der Waals surface area contributed by atoms with Crippen molar-refractivity contribution in [2.45, 2.75) is 13.3 Å². The minimum atomic E-state index is -0.233. The largest absolute Gasteiger partial charge is 0.319 e. The van der Waals surface area contributed by atoms with Crippen molar-refractivity contribution in [1.29, 1.82) is 0 Å².